The lowest BCUT2D eigenvalue weighted by Gasteiger charge is -2.17. The second-order valence-electron chi connectivity index (χ2n) is 4.14. The molecule has 0 aliphatic carbocycles. The summed E-state index contributed by atoms with van der Waals surface area (Å²) in [7, 11) is -1.92. The van der Waals surface area contributed by atoms with Crippen molar-refractivity contribution in [1.82, 2.24) is 4.98 Å². The predicted octanol–water partition coefficient (Wildman–Crippen LogP) is 1.52. The Kier molecular flexibility index (Phi) is 4.70. The van der Waals surface area contributed by atoms with Gasteiger partial charge in [-0.05, 0) is 26.0 Å². The third-order valence-electron chi connectivity index (χ3n) is 2.47. The minimum Gasteiger partial charge on any atom is -0.299 e. The molecule has 0 spiro atoms. The lowest BCUT2D eigenvalue weighted by molar-refractivity contribution is -0.116. The van der Waals surface area contributed by atoms with E-state index in [1.165, 1.54) is 18.1 Å². The Balaban J connectivity index is 2.82. The number of carbonyl (C=O) groups is 1. The Morgan fingerprint density at radius 2 is 2.06 bits per heavy atom. The highest BCUT2D eigenvalue weighted by atomic mass is 35.5. The molecule has 0 bridgehead atoms. The molecule has 1 rings (SSSR count). The molecule has 0 aromatic carbocycles. The van der Waals surface area contributed by atoms with E-state index in [-0.39, 0.29) is 0 Å². The summed E-state index contributed by atoms with van der Waals surface area (Å²) in [6.07, 6.45) is 1.40. The summed E-state index contributed by atoms with van der Waals surface area (Å²) in [5.41, 5.74) is 0. The molecule has 0 radical (unpaired) electrons. The molecule has 0 saturated heterocycles. The van der Waals surface area contributed by atoms with Crippen LogP contribution in [0.25, 0.3) is 0 Å². The van der Waals surface area contributed by atoms with Crippen molar-refractivity contribution in [3.05, 3.63) is 23.4 Å². The average Bonchev–Trinajstić information content (AvgIpc) is 2.28. The molecule has 100 valence electrons. The number of pyridine rings is 1. The van der Waals surface area contributed by atoms with Gasteiger partial charge in [0.05, 0.1) is 10.3 Å². The summed E-state index contributed by atoms with van der Waals surface area (Å²) in [5.74, 6) is -0.673. The molecule has 5 nitrogen and oxygen atoms in total. The van der Waals surface area contributed by atoms with Crippen LogP contribution in [0.1, 0.15) is 13.8 Å². The third kappa shape index (κ3) is 3.68. The minimum absolute atomic E-state index is 0.364. The zero-order valence-electron chi connectivity index (χ0n) is 10.4. The van der Waals surface area contributed by atoms with Crippen LogP contribution in [0.15, 0.2) is 18.3 Å². The summed E-state index contributed by atoms with van der Waals surface area (Å²) < 4.78 is 23.3. The lowest BCUT2D eigenvalue weighted by atomic mass is 10.4. The summed E-state index contributed by atoms with van der Waals surface area (Å²) in [5, 5.41) is -0.123. The van der Waals surface area contributed by atoms with Crippen molar-refractivity contribution in [2.24, 2.45) is 0 Å². The molecular formula is C11H15ClN2O3S. The molecule has 0 atom stereocenters. The van der Waals surface area contributed by atoms with Crippen LogP contribution in [-0.4, -0.2) is 37.4 Å². The molecule has 1 amide bonds. The van der Waals surface area contributed by atoms with Crippen molar-refractivity contribution in [1.29, 1.82) is 0 Å². The molecule has 1 aromatic heterocycles. The maximum Gasteiger partial charge on any atom is 0.243 e. The van der Waals surface area contributed by atoms with Crippen molar-refractivity contribution in [2.75, 3.05) is 17.7 Å². The molecular weight excluding hydrogens is 276 g/mol. The number of rotatable bonds is 4. The van der Waals surface area contributed by atoms with Crippen LogP contribution in [0.2, 0.25) is 5.02 Å². The molecule has 0 N–H and O–H groups in total. The zero-order valence-corrected chi connectivity index (χ0v) is 12.0. The Labute approximate surface area is 112 Å². The fourth-order valence-corrected chi connectivity index (χ4v) is 2.11. The normalized spacial score (nSPS) is 11.6. The minimum atomic E-state index is -3.40. The first kappa shape index (κ1) is 14.9. The van der Waals surface area contributed by atoms with Crippen molar-refractivity contribution in [3.63, 3.8) is 0 Å². The van der Waals surface area contributed by atoms with E-state index >= 15 is 0 Å². The Morgan fingerprint density at radius 1 is 1.44 bits per heavy atom. The topological polar surface area (TPSA) is 67.3 Å². The van der Waals surface area contributed by atoms with Crippen LogP contribution >= 0.6 is 11.6 Å². The number of nitrogens with zero attached hydrogens (tertiary/aromatic N) is 2. The largest absolute Gasteiger partial charge is 0.299 e. The highest BCUT2D eigenvalue weighted by Crippen LogP contribution is 2.14. The quantitative estimate of drug-likeness (QED) is 0.843. The van der Waals surface area contributed by atoms with Crippen molar-refractivity contribution in [3.8, 4) is 0 Å². The summed E-state index contributed by atoms with van der Waals surface area (Å²) >= 11 is 5.68. The number of aromatic nitrogens is 1. The van der Waals surface area contributed by atoms with Gasteiger partial charge < -0.3 is 0 Å². The van der Waals surface area contributed by atoms with Gasteiger partial charge >= 0.3 is 0 Å². The van der Waals surface area contributed by atoms with Gasteiger partial charge in [0, 0.05) is 13.2 Å². The molecule has 0 fully saturated rings. The second kappa shape index (κ2) is 5.67. The van der Waals surface area contributed by atoms with Crippen LogP contribution < -0.4 is 4.90 Å². The summed E-state index contributed by atoms with van der Waals surface area (Å²) in [4.78, 5) is 17.0. The maximum absolute atomic E-state index is 11.8. The van der Waals surface area contributed by atoms with E-state index in [1.807, 2.05) is 0 Å². The molecule has 7 heteroatoms. The molecule has 0 aliphatic heterocycles. The Bertz CT molecular complexity index is 526. The number of amides is 1. The van der Waals surface area contributed by atoms with Gasteiger partial charge in [-0.25, -0.2) is 13.4 Å². The van der Waals surface area contributed by atoms with E-state index in [0.29, 0.717) is 10.8 Å². The smallest absolute Gasteiger partial charge is 0.243 e. The van der Waals surface area contributed by atoms with Crippen LogP contribution in [0, 0.1) is 0 Å². The van der Waals surface area contributed by atoms with Crippen molar-refractivity contribution < 1.29 is 13.2 Å². The monoisotopic (exact) mass is 290 g/mol. The van der Waals surface area contributed by atoms with Gasteiger partial charge in [-0.3, -0.25) is 9.69 Å². The molecule has 0 unspecified atom stereocenters. The van der Waals surface area contributed by atoms with Crippen LogP contribution in [0.4, 0.5) is 5.82 Å². The summed E-state index contributed by atoms with van der Waals surface area (Å²) in [6.45, 7) is 3.09. The van der Waals surface area contributed by atoms with Gasteiger partial charge in [-0.2, -0.15) is 0 Å². The molecule has 1 aromatic rings. The number of halogens is 1. The Morgan fingerprint density at radius 3 is 2.50 bits per heavy atom. The van der Waals surface area contributed by atoms with Gasteiger partial charge in [-0.1, -0.05) is 11.6 Å². The van der Waals surface area contributed by atoms with E-state index in [2.05, 4.69) is 4.98 Å². The first-order valence-corrected chi connectivity index (χ1v) is 7.43. The fraction of sp³-hybridized carbons (Fsp3) is 0.455. The van der Waals surface area contributed by atoms with E-state index < -0.39 is 26.7 Å². The SMILES string of the molecule is CC(C)S(=O)(=O)CC(=O)N(C)c1ccc(Cl)cn1. The van der Waals surface area contributed by atoms with Gasteiger partial charge in [0.2, 0.25) is 5.91 Å². The number of anilines is 1. The molecule has 0 saturated carbocycles. The van der Waals surface area contributed by atoms with E-state index in [1.54, 1.807) is 26.0 Å². The third-order valence-corrected chi connectivity index (χ3v) is 4.78. The van der Waals surface area contributed by atoms with E-state index in [0.717, 1.165) is 0 Å². The Hall–Kier alpha value is -1.14. The van der Waals surface area contributed by atoms with Crippen LogP contribution in [0.5, 0.6) is 0 Å². The van der Waals surface area contributed by atoms with Crippen molar-refractivity contribution in [2.45, 2.75) is 19.1 Å². The number of hydrogen-bond acceptors (Lipinski definition) is 4. The highest BCUT2D eigenvalue weighted by Gasteiger charge is 2.23. The van der Waals surface area contributed by atoms with Crippen molar-refractivity contribution >= 4 is 33.2 Å². The first-order chi connectivity index (χ1) is 8.24. The van der Waals surface area contributed by atoms with Gasteiger partial charge in [0.1, 0.15) is 11.6 Å². The van der Waals surface area contributed by atoms with Gasteiger partial charge in [0.25, 0.3) is 0 Å². The number of sulfone groups is 1. The fourth-order valence-electron chi connectivity index (χ4n) is 1.13. The number of hydrogen-bond donors (Lipinski definition) is 0. The van der Waals surface area contributed by atoms with Gasteiger partial charge in [-0.15, -0.1) is 0 Å². The van der Waals surface area contributed by atoms with E-state index in [9.17, 15) is 13.2 Å². The number of carbonyl (C=O) groups excluding carboxylic acids is 1. The first-order valence-electron chi connectivity index (χ1n) is 5.33. The second-order valence-corrected chi connectivity index (χ2v) is 7.14. The average molecular weight is 291 g/mol. The van der Waals surface area contributed by atoms with Crippen LogP contribution in [-0.2, 0) is 14.6 Å². The predicted molar refractivity (Wildman–Crippen MR) is 71.6 cm³/mol. The van der Waals surface area contributed by atoms with Gasteiger partial charge in [0.15, 0.2) is 9.84 Å². The van der Waals surface area contributed by atoms with Crippen LogP contribution in [0.3, 0.4) is 0 Å². The standard InChI is InChI=1S/C11H15ClN2O3S/c1-8(2)18(16,17)7-11(15)14(3)10-5-4-9(12)6-13-10/h4-6,8H,7H2,1-3H3. The van der Waals surface area contributed by atoms with E-state index in [4.69, 9.17) is 11.6 Å². The molecule has 0 aliphatic rings. The lowest BCUT2D eigenvalue weighted by Crippen LogP contribution is -2.35. The maximum atomic E-state index is 11.8. The molecule has 18 heavy (non-hydrogen) atoms. The molecule has 1 heterocycles. The highest BCUT2D eigenvalue weighted by molar-refractivity contribution is 7.92. The zero-order chi connectivity index (χ0) is 13.9. The summed E-state index contributed by atoms with van der Waals surface area (Å²) in [6, 6.07) is 3.15.